The first kappa shape index (κ1) is 14.4. The Morgan fingerprint density at radius 1 is 1.25 bits per heavy atom. The number of hydrogen-bond donors (Lipinski definition) is 1. The number of nitrogens with zero attached hydrogens (tertiary/aromatic N) is 4. The van der Waals surface area contributed by atoms with Crippen molar-refractivity contribution in [3.05, 3.63) is 0 Å². The van der Waals surface area contributed by atoms with Gasteiger partial charge >= 0.3 is 6.01 Å². The van der Waals surface area contributed by atoms with Crippen molar-refractivity contribution >= 4 is 11.9 Å². The zero-order valence-corrected chi connectivity index (χ0v) is 11.9. The Bertz CT molecular complexity index is 465. The molecule has 0 atom stereocenters. The molecule has 2 rings (SSSR count). The molecule has 2 heterocycles. The maximum absolute atomic E-state index is 5.34. The highest BCUT2D eigenvalue weighted by atomic mass is 16.5. The van der Waals surface area contributed by atoms with E-state index in [1.807, 2.05) is 0 Å². The van der Waals surface area contributed by atoms with Crippen molar-refractivity contribution in [1.29, 1.82) is 0 Å². The van der Waals surface area contributed by atoms with Crippen LogP contribution in [0.25, 0.3) is 0 Å². The third kappa shape index (κ3) is 3.98. The second-order valence-corrected chi connectivity index (χ2v) is 4.71. The van der Waals surface area contributed by atoms with E-state index in [-0.39, 0.29) is 12.6 Å². The largest absolute Gasteiger partial charge is 0.450 e. The van der Waals surface area contributed by atoms with Crippen LogP contribution in [0.2, 0.25) is 0 Å². The van der Waals surface area contributed by atoms with Crippen molar-refractivity contribution in [2.24, 2.45) is 0 Å². The Kier molecular flexibility index (Phi) is 5.42. The quantitative estimate of drug-likeness (QED) is 0.797. The number of terminal acetylenes is 1. The molecule has 6 nitrogen and oxygen atoms in total. The Labute approximate surface area is 120 Å². The molecule has 6 heteroatoms. The molecule has 1 aliphatic heterocycles. The summed E-state index contributed by atoms with van der Waals surface area (Å²) in [7, 11) is 0. The highest BCUT2D eigenvalue weighted by Gasteiger charge is 2.16. The Hall–Kier alpha value is -2.03. The zero-order chi connectivity index (χ0) is 14.2. The number of anilines is 2. The van der Waals surface area contributed by atoms with E-state index in [4.69, 9.17) is 11.2 Å². The molecule has 0 amide bonds. The average Bonchev–Trinajstić information content (AvgIpc) is 2.51. The van der Waals surface area contributed by atoms with E-state index < -0.39 is 0 Å². The van der Waals surface area contributed by atoms with Gasteiger partial charge in [-0.15, -0.1) is 6.42 Å². The molecule has 20 heavy (non-hydrogen) atoms. The van der Waals surface area contributed by atoms with Crippen molar-refractivity contribution in [1.82, 2.24) is 15.0 Å². The van der Waals surface area contributed by atoms with Crippen molar-refractivity contribution in [3.63, 3.8) is 0 Å². The predicted molar refractivity (Wildman–Crippen MR) is 79.0 cm³/mol. The van der Waals surface area contributed by atoms with Gasteiger partial charge in [0.2, 0.25) is 11.9 Å². The molecular weight excluding hydrogens is 254 g/mol. The minimum Gasteiger partial charge on any atom is -0.450 e. The van der Waals surface area contributed by atoms with Crippen molar-refractivity contribution in [2.75, 3.05) is 36.5 Å². The number of rotatable bonds is 6. The van der Waals surface area contributed by atoms with Crippen LogP contribution in [0.5, 0.6) is 6.01 Å². The van der Waals surface area contributed by atoms with Crippen LogP contribution in [0.4, 0.5) is 11.9 Å². The molecule has 1 fully saturated rings. The molecule has 0 unspecified atom stereocenters. The average molecular weight is 275 g/mol. The first-order chi connectivity index (χ1) is 9.83. The van der Waals surface area contributed by atoms with Gasteiger partial charge in [0.25, 0.3) is 0 Å². The van der Waals surface area contributed by atoms with Gasteiger partial charge < -0.3 is 15.0 Å². The molecule has 0 bridgehead atoms. The molecule has 0 aliphatic carbocycles. The maximum Gasteiger partial charge on any atom is 0.324 e. The second-order valence-electron chi connectivity index (χ2n) is 4.71. The van der Waals surface area contributed by atoms with Crippen LogP contribution in [0, 0.1) is 12.3 Å². The highest BCUT2D eigenvalue weighted by Crippen LogP contribution is 2.19. The number of piperidine rings is 1. The standard InChI is InChI=1S/C14H21N5O/c1-3-8-15-12-16-13(19-9-6-5-7-10-19)18-14(17-12)20-11-4-2/h2H,3,5-11H2,1H3,(H,15,16,17,18). The van der Waals surface area contributed by atoms with Crippen LogP contribution in [-0.2, 0) is 0 Å². The fraction of sp³-hybridized carbons (Fsp3) is 0.643. The van der Waals surface area contributed by atoms with Gasteiger partial charge in [0.1, 0.15) is 0 Å². The highest BCUT2D eigenvalue weighted by molar-refractivity contribution is 5.38. The summed E-state index contributed by atoms with van der Waals surface area (Å²) in [5.41, 5.74) is 0. The number of aromatic nitrogens is 3. The maximum atomic E-state index is 5.34. The first-order valence-electron chi connectivity index (χ1n) is 7.14. The summed E-state index contributed by atoms with van der Waals surface area (Å²) in [6.45, 7) is 5.03. The lowest BCUT2D eigenvalue weighted by atomic mass is 10.1. The van der Waals surface area contributed by atoms with Gasteiger partial charge in [-0.25, -0.2) is 0 Å². The van der Waals surface area contributed by atoms with Crippen LogP contribution in [0.15, 0.2) is 0 Å². The van der Waals surface area contributed by atoms with E-state index in [1.165, 1.54) is 19.3 Å². The lowest BCUT2D eigenvalue weighted by Gasteiger charge is -2.26. The van der Waals surface area contributed by atoms with Crippen LogP contribution >= 0.6 is 0 Å². The van der Waals surface area contributed by atoms with Gasteiger partial charge in [0.15, 0.2) is 6.61 Å². The fourth-order valence-electron chi connectivity index (χ4n) is 2.07. The molecule has 108 valence electrons. The van der Waals surface area contributed by atoms with E-state index in [2.05, 4.69) is 38.0 Å². The van der Waals surface area contributed by atoms with E-state index in [0.717, 1.165) is 26.1 Å². The second kappa shape index (κ2) is 7.53. The van der Waals surface area contributed by atoms with E-state index in [9.17, 15) is 0 Å². The van der Waals surface area contributed by atoms with Gasteiger partial charge in [-0.1, -0.05) is 12.8 Å². The zero-order valence-electron chi connectivity index (χ0n) is 11.9. The van der Waals surface area contributed by atoms with Crippen LogP contribution in [-0.4, -0.2) is 41.2 Å². The monoisotopic (exact) mass is 275 g/mol. The first-order valence-corrected chi connectivity index (χ1v) is 7.14. The Balaban J connectivity index is 2.17. The van der Waals surface area contributed by atoms with Gasteiger partial charge in [0, 0.05) is 19.6 Å². The number of ether oxygens (including phenoxy) is 1. The summed E-state index contributed by atoms with van der Waals surface area (Å²) >= 11 is 0. The van der Waals surface area contributed by atoms with Gasteiger partial charge in [0.05, 0.1) is 0 Å². The van der Waals surface area contributed by atoms with Gasteiger partial charge in [-0.05, 0) is 25.7 Å². The number of nitrogens with one attached hydrogen (secondary N) is 1. The van der Waals surface area contributed by atoms with Crippen LogP contribution < -0.4 is 15.0 Å². The van der Waals surface area contributed by atoms with E-state index >= 15 is 0 Å². The summed E-state index contributed by atoms with van der Waals surface area (Å²) in [6, 6.07) is 0.289. The van der Waals surface area contributed by atoms with E-state index in [0.29, 0.717) is 11.9 Å². The van der Waals surface area contributed by atoms with Crippen molar-refractivity contribution in [3.8, 4) is 18.4 Å². The molecule has 0 aromatic carbocycles. The topological polar surface area (TPSA) is 63.2 Å². The van der Waals surface area contributed by atoms with Crippen molar-refractivity contribution in [2.45, 2.75) is 32.6 Å². The third-order valence-electron chi connectivity index (χ3n) is 3.06. The lowest BCUT2D eigenvalue weighted by molar-refractivity contribution is 0.338. The normalized spacial score (nSPS) is 14.7. The summed E-state index contributed by atoms with van der Waals surface area (Å²) < 4.78 is 5.34. The molecule has 0 radical (unpaired) electrons. The molecule has 1 aromatic heterocycles. The third-order valence-corrected chi connectivity index (χ3v) is 3.06. The minimum absolute atomic E-state index is 0.163. The SMILES string of the molecule is C#CCOc1nc(NCCC)nc(N2CCCCC2)n1. The van der Waals surface area contributed by atoms with Crippen molar-refractivity contribution < 1.29 is 4.74 Å². The minimum atomic E-state index is 0.163. The smallest absolute Gasteiger partial charge is 0.324 e. The van der Waals surface area contributed by atoms with Crippen LogP contribution in [0.1, 0.15) is 32.6 Å². The Morgan fingerprint density at radius 3 is 2.75 bits per heavy atom. The Morgan fingerprint density at radius 2 is 2.05 bits per heavy atom. The molecule has 1 aliphatic rings. The summed E-state index contributed by atoms with van der Waals surface area (Å²) in [5.74, 6) is 3.64. The van der Waals surface area contributed by atoms with Gasteiger partial charge in [-0.3, -0.25) is 0 Å². The molecule has 1 saturated heterocycles. The number of hydrogen-bond acceptors (Lipinski definition) is 6. The fourth-order valence-corrected chi connectivity index (χ4v) is 2.07. The molecule has 0 spiro atoms. The summed E-state index contributed by atoms with van der Waals surface area (Å²) in [5, 5.41) is 3.17. The summed E-state index contributed by atoms with van der Waals surface area (Å²) in [6.07, 6.45) is 9.82. The van der Waals surface area contributed by atoms with Gasteiger partial charge in [-0.2, -0.15) is 15.0 Å². The lowest BCUT2D eigenvalue weighted by Crippen LogP contribution is -2.31. The molecular formula is C14H21N5O. The molecule has 0 saturated carbocycles. The van der Waals surface area contributed by atoms with Crippen LogP contribution in [0.3, 0.4) is 0 Å². The molecule has 1 N–H and O–H groups in total. The predicted octanol–water partition coefficient (Wildman–Crippen LogP) is 1.70. The molecule has 1 aromatic rings. The summed E-state index contributed by atoms with van der Waals surface area (Å²) in [4.78, 5) is 15.2. The van der Waals surface area contributed by atoms with E-state index in [1.54, 1.807) is 0 Å².